The Morgan fingerprint density at radius 3 is 2.69 bits per heavy atom. The lowest BCUT2D eigenvalue weighted by atomic mass is 10.0. The number of amides is 2. The topological polar surface area (TPSA) is 92.2 Å². The van der Waals surface area contributed by atoms with Crippen molar-refractivity contribution in [3.8, 4) is 0 Å². The van der Waals surface area contributed by atoms with Gasteiger partial charge in [-0.2, -0.15) is 0 Å². The van der Waals surface area contributed by atoms with Crippen LogP contribution in [0.5, 0.6) is 0 Å². The molecular weight excluding hydrogens is 356 g/mol. The van der Waals surface area contributed by atoms with Gasteiger partial charge in [-0.15, -0.1) is 17.5 Å². The average molecular weight is 385 g/mol. The number of hydrogen-bond acceptors (Lipinski definition) is 5. The molecule has 3 rings (SSSR count). The van der Waals surface area contributed by atoms with Gasteiger partial charge in [-0.3, -0.25) is 14.9 Å². The fraction of sp³-hybridized carbons (Fsp3) is 0.765. The molecule has 9 heteroatoms. The van der Waals surface area contributed by atoms with Gasteiger partial charge in [-0.05, 0) is 44.7 Å². The van der Waals surface area contributed by atoms with E-state index in [2.05, 4.69) is 20.7 Å². The minimum atomic E-state index is -0.0662. The Morgan fingerprint density at radius 2 is 2.00 bits per heavy atom. The molecule has 8 nitrogen and oxygen atoms in total. The molecule has 0 bridgehead atoms. The van der Waals surface area contributed by atoms with E-state index in [9.17, 15) is 9.59 Å². The summed E-state index contributed by atoms with van der Waals surface area (Å²) in [6.45, 7) is 3.87. The molecule has 1 unspecified atom stereocenters. The second-order valence-corrected chi connectivity index (χ2v) is 7.01. The first-order valence-electron chi connectivity index (χ1n) is 9.38. The molecule has 1 aromatic heterocycles. The second kappa shape index (κ2) is 10.5. The predicted molar refractivity (Wildman–Crippen MR) is 101 cm³/mol. The number of aromatic nitrogens is 3. The largest absolute Gasteiger partial charge is 0.341 e. The number of nitrogens with zero attached hydrogens (tertiary/aromatic N) is 4. The summed E-state index contributed by atoms with van der Waals surface area (Å²) in [6, 6.07) is 0. The van der Waals surface area contributed by atoms with E-state index in [1.165, 1.54) is 23.9 Å². The Bertz CT molecular complexity index is 580. The van der Waals surface area contributed by atoms with Gasteiger partial charge in [0, 0.05) is 19.5 Å². The summed E-state index contributed by atoms with van der Waals surface area (Å²) in [4.78, 5) is 30.3. The number of likely N-dealkylation sites (tertiary alicyclic amines) is 1. The molecule has 1 atom stereocenters. The second-order valence-electron chi connectivity index (χ2n) is 7.01. The number of rotatable bonds is 6. The maximum Gasteiger partial charge on any atom is 0.248 e. The van der Waals surface area contributed by atoms with Crippen molar-refractivity contribution >= 4 is 30.2 Å². The van der Waals surface area contributed by atoms with Crippen LogP contribution in [0.25, 0.3) is 0 Å². The normalized spacial score (nSPS) is 20.3. The van der Waals surface area contributed by atoms with Crippen molar-refractivity contribution in [1.82, 2.24) is 25.0 Å². The highest BCUT2D eigenvalue weighted by molar-refractivity contribution is 5.88. The zero-order valence-electron chi connectivity index (χ0n) is 15.2. The van der Waals surface area contributed by atoms with Crippen LogP contribution < -0.4 is 10.6 Å². The molecule has 26 heavy (non-hydrogen) atoms. The molecule has 2 saturated heterocycles. The first-order chi connectivity index (χ1) is 12.2. The van der Waals surface area contributed by atoms with Crippen molar-refractivity contribution in [2.75, 3.05) is 31.5 Å². The lowest BCUT2D eigenvalue weighted by Gasteiger charge is -2.19. The zero-order chi connectivity index (χ0) is 17.5. The third kappa shape index (κ3) is 6.25. The molecule has 2 N–H and O–H groups in total. The zero-order valence-corrected chi connectivity index (χ0v) is 16.0. The van der Waals surface area contributed by atoms with Gasteiger partial charge in [0.15, 0.2) is 0 Å². The Hall–Kier alpha value is -1.67. The van der Waals surface area contributed by atoms with Gasteiger partial charge in [-0.25, -0.2) is 9.67 Å². The standard InChI is InChI=1S/C17H28N6O2.ClH/c24-15(6-5-14-7-8-18-11-14)20-17-19-13-23(21-17)12-16(25)22-9-3-1-2-4-10-22;/h13-14,18H,1-12H2,(H,20,21,24);1H. The van der Waals surface area contributed by atoms with E-state index < -0.39 is 0 Å². The molecule has 0 radical (unpaired) electrons. The van der Waals surface area contributed by atoms with Crippen LogP contribution in [0.2, 0.25) is 0 Å². The van der Waals surface area contributed by atoms with Gasteiger partial charge in [0.1, 0.15) is 12.9 Å². The summed E-state index contributed by atoms with van der Waals surface area (Å²) in [5, 5.41) is 10.2. The van der Waals surface area contributed by atoms with Crippen molar-refractivity contribution in [2.45, 2.75) is 51.5 Å². The van der Waals surface area contributed by atoms with E-state index in [1.807, 2.05) is 4.90 Å². The van der Waals surface area contributed by atoms with Gasteiger partial charge in [-0.1, -0.05) is 12.8 Å². The highest BCUT2D eigenvalue weighted by atomic mass is 35.5. The summed E-state index contributed by atoms with van der Waals surface area (Å²) in [6.07, 6.45) is 8.54. The van der Waals surface area contributed by atoms with Crippen LogP contribution in [-0.2, 0) is 16.1 Å². The van der Waals surface area contributed by atoms with Crippen LogP contribution in [0.15, 0.2) is 6.33 Å². The first-order valence-corrected chi connectivity index (χ1v) is 9.38. The van der Waals surface area contributed by atoms with Gasteiger partial charge < -0.3 is 10.2 Å². The molecule has 2 aliphatic heterocycles. The van der Waals surface area contributed by atoms with Crippen LogP contribution in [0.3, 0.4) is 0 Å². The molecule has 0 aromatic carbocycles. The minimum Gasteiger partial charge on any atom is -0.341 e. The third-order valence-corrected chi connectivity index (χ3v) is 4.99. The van der Waals surface area contributed by atoms with E-state index >= 15 is 0 Å². The summed E-state index contributed by atoms with van der Waals surface area (Å²) in [5.41, 5.74) is 0. The Morgan fingerprint density at radius 1 is 1.23 bits per heavy atom. The quantitative estimate of drug-likeness (QED) is 0.774. The molecule has 2 amide bonds. The molecular formula is C17H29ClN6O2. The average Bonchev–Trinajstić information content (AvgIpc) is 3.18. The van der Waals surface area contributed by atoms with Crippen molar-refractivity contribution < 1.29 is 9.59 Å². The van der Waals surface area contributed by atoms with Crippen LogP contribution in [-0.4, -0.2) is 57.7 Å². The number of anilines is 1. The molecule has 2 aliphatic rings. The maximum absolute atomic E-state index is 12.3. The van der Waals surface area contributed by atoms with Gasteiger partial charge in [0.05, 0.1) is 0 Å². The highest BCUT2D eigenvalue weighted by Crippen LogP contribution is 2.14. The predicted octanol–water partition coefficient (Wildman–Crippen LogP) is 1.43. The van der Waals surface area contributed by atoms with E-state index in [0.717, 1.165) is 51.9 Å². The Labute approximate surface area is 160 Å². The number of nitrogens with one attached hydrogen (secondary N) is 2. The molecule has 0 spiro atoms. The molecule has 2 fully saturated rings. The van der Waals surface area contributed by atoms with E-state index in [-0.39, 0.29) is 36.7 Å². The van der Waals surface area contributed by atoms with Gasteiger partial charge in [0.2, 0.25) is 17.8 Å². The summed E-state index contributed by atoms with van der Waals surface area (Å²) in [5.74, 6) is 0.864. The number of carbonyl (C=O) groups excluding carboxylic acids is 2. The van der Waals surface area contributed by atoms with Crippen molar-refractivity contribution in [3.05, 3.63) is 6.33 Å². The van der Waals surface area contributed by atoms with Crippen LogP contribution in [0.4, 0.5) is 5.95 Å². The fourth-order valence-electron chi connectivity index (χ4n) is 3.47. The smallest absolute Gasteiger partial charge is 0.248 e. The maximum atomic E-state index is 12.3. The van der Waals surface area contributed by atoms with E-state index in [1.54, 1.807) is 0 Å². The van der Waals surface area contributed by atoms with Crippen LogP contribution in [0, 0.1) is 5.92 Å². The van der Waals surface area contributed by atoms with Crippen LogP contribution >= 0.6 is 12.4 Å². The Balaban J connectivity index is 0.00000243. The molecule has 1 aromatic rings. The first kappa shape index (κ1) is 20.6. The van der Waals surface area contributed by atoms with Crippen LogP contribution in [0.1, 0.15) is 44.9 Å². The third-order valence-electron chi connectivity index (χ3n) is 4.99. The molecule has 0 aliphatic carbocycles. The van der Waals surface area contributed by atoms with Gasteiger partial charge >= 0.3 is 0 Å². The SMILES string of the molecule is Cl.O=C(CCC1CCNC1)Nc1ncn(CC(=O)N2CCCCCC2)n1. The Kier molecular flexibility index (Phi) is 8.31. The monoisotopic (exact) mass is 384 g/mol. The lowest BCUT2D eigenvalue weighted by molar-refractivity contribution is -0.132. The number of hydrogen-bond donors (Lipinski definition) is 2. The minimum absolute atomic E-state index is 0. The van der Waals surface area contributed by atoms with Crippen molar-refractivity contribution in [1.29, 1.82) is 0 Å². The van der Waals surface area contributed by atoms with E-state index in [4.69, 9.17) is 0 Å². The molecule has 3 heterocycles. The summed E-state index contributed by atoms with van der Waals surface area (Å²) in [7, 11) is 0. The van der Waals surface area contributed by atoms with Gasteiger partial charge in [0.25, 0.3) is 0 Å². The summed E-state index contributed by atoms with van der Waals surface area (Å²) < 4.78 is 1.50. The molecule has 0 saturated carbocycles. The number of halogens is 1. The lowest BCUT2D eigenvalue weighted by Crippen LogP contribution is -2.34. The van der Waals surface area contributed by atoms with Crippen molar-refractivity contribution in [2.24, 2.45) is 5.92 Å². The van der Waals surface area contributed by atoms with E-state index in [0.29, 0.717) is 12.3 Å². The van der Waals surface area contributed by atoms with Crippen molar-refractivity contribution in [3.63, 3.8) is 0 Å². The fourth-order valence-corrected chi connectivity index (χ4v) is 3.47. The highest BCUT2D eigenvalue weighted by Gasteiger charge is 2.18. The number of carbonyl (C=O) groups is 2. The summed E-state index contributed by atoms with van der Waals surface area (Å²) >= 11 is 0. The molecule has 146 valence electrons.